The maximum absolute atomic E-state index is 10.5. The largest absolute Gasteiger partial charge is 0.481 e. The molecular formula is C8H10N2O2. The molecule has 4 heteroatoms. The quantitative estimate of drug-likeness (QED) is 0.724. The summed E-state index contributed by atoms with van der Waals surface area (Å²) in [4.78, 5) is 14.4. The number of imidazole rings is 1. The minimum absolute atomic E-state index is 0.150. The predicted molar refractivity (Wildman–Crippen MR) is 41.7 cm³/mol. The van der Waals surface area contributed by atoms with Gasteiger partial charge in [-0.1, -0.05) is 0 Å². The fraction of sp³-hybridized carbons (Fsp3) is 0.500. The first-order chi connectivity index (χ1) is 5.73. The Balaban J connectivity index is 2.17. The van der Waals surface area contributed by atoms with Crippen molar-refractivity contribution >= 4 is 5.97 Å². The van der Waals surface area contributed by atoms with E-state index in [9.17, 15) is 4.79 Å². The lowest BCUT2D eigenvalue weighted by Crippen LogP contribution is -2.19. The lowest BCUT2D eigenvalue weighted by Gasteiger charge is -2.13. The molecule has 1 heterocycles. The van der Waals surface area contributed by atoms with Gasteiger partial charge in [-0.2, -0.15) is 0 Å². The molecule has 0 radical (unpaired) electrons. The fourth-order valence-corrected chi connectivity index (χ4v) is 1.49. The molecule has 4 nitrogen and oxygen atoms in total. The average Bonchev–Trinajstić information content (AvgIpc) is 2.61. The topological polar surface area (TPSA) is 55.1 Å². The van der Waals surface area contributed by atoms with Crippen LogP contribution >= 0.6 is 0 Å². The maximum atomic E-state index is 10.5. The van der Waals surface area contributed by atoms with Crippen LogP contribution in [-0.4, -0.2) is 20.6 Å². The van der Waals surface area contributed by atoms with E-state index < -0.39 is 5.97 Å². The molecule has 1 aliphatic rings. The third kappa shape index (κ3) is 1.09. The number of nitrogens with zero attached hydrogens (tertiary/aromatic N) is 2. The highest BCUT2D eigenvalue weighted by molar-refractivity contribution is 5.68. The number of carboxylic acid groups (broad SMARTS) is 1. The van der Waals surface area contributed by atoms with Gasteiger partial charge in [0.05, 0.1) is 18.3 Å². The van der Waals surface area contributed by atoms with Crippen molar-refractivity contribution in [3.63, 3.8) is 0 Å². The summed E-state index contributed by atoms with van der Waals surface area (Å²) in [6, 6.07) is 0. The van der Waals surface area contributed by atoms with Gasteiger partial charge in [0, 0.05) is 12.4 Å². The predicted octanol–water partition coefficient (Wildman–Crippen LogP) is 0.847. The summed E-state index contributed by atoms with van der Waals surface area (Å²) in [5, 5.41) is 8.65. The summed E-state index contributed by atoms with van der Waals surface area (Å²) in [5.41, 5.74) is -0.150. The fourth-order valence-electron chi connectivity index (χ4n) is 1.49. The van der Waals surface area contributed by atoms with E-state index in [1.807, 2.05) is 10.8 Å². The van der Waals surface area contributed by atoms with E-state index in [0.29, 0.717) is 0 Å². The van der Waals surface area contributed by atoms with Gasteiger partial charge in [-0.25, -0.2) is 4.98 Å². The lowest BCUT2D eigenvalue weighted by molar-refractivity contribution is -0.138. The number of carboxylic acids is 1. The highest BCUT2D eigenvalue weighted by Crippen LogP contribution is 2.46. The average molecular weight is 166 g/mol. The molecule has 0 spiro atoms. The Kier molecular flexibility index (Phi) is 1.43. The van der Waals surface area contributed by atoms with Crippen LogP contribution in [0.5, 0.6) is 0 Å². The van der Waals surface area contributed by atoms with Crippen LogP contribution in [0.3, 0.4) is 0 Å². The minimum atomic E-state index is -0.735. The zero-order chi connectivity index (χ0) is 8.60. The third-order valence-electron chi connectivity index (χ3n) is 2.36. The SMILES string of the molecule is O=C(O)CC1(n2ccnc2)CC1. The van der Waals surface area contributed by atoms with Crippen LogP contribution in [-0.2, 0) is 10.3 Å². The van der Waals surface area contributed by atoms with E-state index in [4.69, 9.17) is 5.11 Å². The summed E-state index contributed by atoms with van der Waals surface area (Å²) in [5.74, 6) is -0.735. The summed E-state index contributed by atoms with van der Waals surface area (Å²) >= 11 is 0. The van der Waals surface area contributed by atoms with Crippen molar-refractivity contribution in [1.82, 2.24) is 9.55 Å². The minimum Gasteiger partial charge on any atom is -0.481 e. The number of hydrogen-bond acceptors (Lipinski definition) is 2. The van der Waals surface area contributed by atoms with Gasteiger partial charge in [0.2, 0.25) is 0 Å². The normalized spacial score (nSPS) is 19.0. The summed E-state index contributed by atoms with van der Waals surface area (Å²) in [6.45, 7) is 0. The second kappa shape index (κ2) is 2.33. The van der Waals surface area contributed by atoms with Crippen molar-refractivity contribution < 1.29 is 9.90 Å². The molecule has 0 unspecified atom stereocenters. The molecule has 0 saturated heterocycles. The Bertz CT molecular complexity index is 288. The molecule has 64 valence electrons. The molecule has 0 amide bonds. The Morgan fingerprint density at radius 3 is 2.83 bits per heavy atom. The second-order valence-electron chi connectivity index (χ2n) is 3.26. The van der Waals surface area contributed by atoms with Crippen LogP contribution in [0.15, 0.2) is 18.7 Å². The third-order valence-corrected chi connectivity index (χ3v) is 2.36. The van der Waals surface area contributed by atoms with E-state index in [2.05, 4.69) is 4.98 Å². The highest BCUT2D eigenvalue weighted by Gasteiger charge is 2.45. The van der Waals surface area contributed by atoms with Crippen molar-refractivity contribution in [3.8, 4) is 0 Å². The second-order valence-corrected chi connectivity index (χ2v) is 3.26. The van der Waals surface area contributed by atoms with Crippen molar-refractivity contribution in [2.45, 2.75) is 24.8 Å². The van der Waals surface area contributed by atoms with E-state index in [0.717, 1.165) is 12.8 Å². The maximum Gasteiger partial charge on any atom is 0.305 e. The van der Waals surface area contributed by atoms with Gasteiger partial charge in [-0.15, -0.1) is 0 Å². The molecule has 1 aromatic rings. The summed E-state index contributed by atoms with van der Waals surface area (Å²) in [6.07, 6.45) is 7.32. The first-order valence-electron chi connectivity index (χ1n) is 3.93. The molecule has 0 atom stereocenters. The monoisotopic (exact) mass is 166 g/mol. The summed E-state index contributed by atoms with van der Waals surface area (Å²) < 4.78 is 1.90. The number of aromatic nitrogens is 2. The van der Waals surface area contributed by atoms with Gasteiger partial charge in [0.25, 0.3) is 0 Å². The molecule has 0 bridgehead atoms. The first-order valence-corrected chi connectivity index (χ1v) is 3.93. The Morgan fingerprint density at radius 2 is 2.42 bits per heavy atom. The molecule has 1 N–H and O–H groups in total. The molecule has 0 aliphatic heterocycles. The van der Waals surface area contributed by atoms with Gasteiger partial charge in [0.1, 0.15) is 0 Å². The van der Waals surface area contributed by atoms with Crippen molar-refractivity contribution in [3.05, 3.63) is 18.7 Å². The van der Waals surface area contributed by atoms with Crippen LogP contribution in [0.2, 0.25) is 0 Å². The van der Waals surface area contributed by atoms with Crippen molar-refractivity contribution in [2.75, 3.05) is 0 Å². The molecule has 1 saturated carbocycles. The zero-order valence-corrected chi connectivity index (χ0v) is 6.60. The van der Waals surface area contributed by atoms with Crippen LogP contribution in [0.1, 0.15) is 19.3 Å². The van der Waals surface area contributed by atoms with Gasteiger partial charge in [-0.05, 0) is 12.8 Å². The molecule has 12 heavy (non-hydrogen) atoms. The molecule has 1 aromatic heterocycles. The molecule has 0 aromatic carbocycles. The highest BCUT2D eigenvalue weighted by atomic mass is 16.4. The Labute approximate surface area is 69.8 Å². The van der Waals surface area contributed by atoms with Crippen LogP contribution in [0, 0.1) is 0 Å². The van der Waals surface area contributed by atoms with Gasteiger partial charge >= 0.3 is 5.97 Å². The standard InChI is InChI=1S/C8H10N2O2/c11-7(12)5-8(1-2-8)10-4-3-9-6-10/h3-4,6H,1-2,5H2,(H,11,12). The number of carbonyl (C=O) groups is 1. The van der Waals surface area contributed by atoms with E-state index >= 15 is 0 Å². The molecule has 1 fully saturated rings. The number of hydrogen-bond donors (Lipinski definition) is 1. The lowest BCUT2D eigenvalue weighted by atomic mass is 10.2. The van der Waals surface area contributed by atoms with Gasteiger partial charge < -0.3 is 9.67 Å². The van der Waals surface area contributed by atoms with Crippen molar-refractivity contribution in [2.24, 2.45) is 0 Å². The van der Waals surface area contributed by atoms with Crippen LogP contribution in [0.4, 0.5) is 0 Å². The van der Waals surface area contributed by atoms with Gasteiger partial charge in [0.15, 0.2) is 0 Å². The smallest absolute Gasteiger partial charge is 0.305 e. The number of rotatable bonds is 3. The van der Waals surface area contributed by atoms with Gasteiger partial charge in [-0.3, -0.25) is 4.79 Å². The van der Waals surface area contributed by atoms with Crippen molar-refractivity contribution in [1.29, 1.82) is 0 Å². The number of aliphatic carboxylic acids is 1. The van der Waals surface area contributed by atoms with Crippen LogP contribution in [0.25, 0.3) is 0 Å². The Hall–Kier alpha value is -1.32. The molecule has 1 aliphatic carbocycles. The summed E-state index contributed by atoms with van der Waals surface area (Å²) in [7, 11) is 0. The zero-order valence-electron chi connectivity index (χ0n) is 6.60. The van der Waals surface area contributed by atoms with E-state index in [1.165, 1.54) is 0 Å². The molecule has 2 rings (SSSR count). The van der Waals surface area contributed by atoms with E-state index in [-0.39, 0.29) is 12.0 Å². The Morgan fingerprint density at radius 1 is 1.67 bits per heavy atom. The first kappa shape index (κ1) is 7.34. The van der Waals surface area contributed by atoms with E-state index in [1.54, 1.807) is 12.5 Å². The van der Waals surface area contributed by atoms with Crippen LogP contribution < -0.4 is 0 Å². The molecular weight excluding hydrogens is 156 g/mol.